The number of nitrogens with one attached hydrogen (secondary N) is 1. The first kappa shape index (κ1) is 22.4. The molecule has 0 atom stereocenters. The lowest BCUT2D eigenvalue weighted by Crippen LogP contribution is -2.35. The highest BCUT2D eigenvalue weighted by molar-refractivity contribution is 7.92. The van der Waals surface area contributed by atoms with E-state index in [0.29, 0.717) is 30.1 Å². The molecule has 0 saturated heterocycles. The Balaban J connectivity index is 0.00000338. The molecule has 0 fully saturated rings. The molecule has 1 aromatic rings. The lowest BCUT2D eigenvalue weighted by atomic mass is 10.00. The maximum absolute atomic E-state index is 13.4. The molecule has 0 aliphatic carbocycles. The number of sulfonamides is 1. The number of benzene rings is 1. The Kier molecular flexibility index (Phi) is 8.08. The number of hydrogen-bond acceptors (Lipinski definition) is 5. The average molecular weight is 412 g/mol. The molecule has 2 rings (SSSR count). The van der Waals surface area contributed by atoms with Crippen LogP contribution in [0, 0.1) is 5.92 Å². The van der Waals surface area contributed by atoms with E-state index >= 15 is 0 Å². The molecule has 26 heavy (non-hydrogen) atoms. The Morgan fingerprint density at radius 1 is 1.35 bits per heavy atom. The van der Waals surface area contributed by atoms with Crippen LogP contribution in [0.5, 0.6) is 5.75 Å². The normalized spacial score (nSPS) is 14.0. The lowest BCUT2D eigenvalue weighted by Gasteiger charge is -2.26. The van der Waals surface area contributed by atoms with Crippen molar-refractivity contribution in [2.45, 2.75) is 26.8 Å². The van der Waals surface area contributed by atoms with Crippen LogP contribution in [0.4, 0.5) is 14.5 Å². The summed E-state index contributed by atoms with van der Waals surface area (Å²) in [7, 11) is -4.13. The fourth-order valence-corrected chi connectivity index (χ4v) is 3.45. The van der Waals surface area contributed by atoms with Crippen molar-refractivity contribution in [2.24, 2.45) is 10.9 Å². The second kappa shape index (κ2) is 9.36. The molecule has 148 valence electrons. The Labute approximate surface area is 159 Å². The van der Waals surface area contributed by atoms with Gasteiger partial charge in [-0.3, -0.25) is 4.99 Å². The SMILES string of the molecule is CC(C)Cc1c(OCC2=NCCN2)cccc1N(C(F)F)S(C)(=O)=O.Cl. The van der Waals surface area contributed by atoms with Gasteiger partial charge >= 0.3 is 6.55 Å². The fraction of sp³-hybridized carbons (Fsp3) is 0.562. The maximum Gasteiger partial charge on any atom is 0.327 e. The van der Waals surface area contributed by atoms with Crippen molar-refractivity contribution in [3.8, 4) is 5.75 Å². The average Bonchev–Trinajstić information content (AvgIpc) is 2.98. The molecule has 0 bridgehead atoms. The van der Waals surface area contributed by atoms with Gasteiger partial charge in [-0.1, -0.05) is 19.9 Å². The van der Waals surface area contributed by atoms with E-state index in [2.05, 4.69) is 10.3 Å². The highest BCUT2D eigenvalue weighted by Gasteiger charge is 2.30. The maximum atomic E-state index is 13.4. The van der Waals surface area contributed by atoms with Gasteiger partial charge in [0.15, 0.2) is 0 Å². The van der Waals surface area contributed by atoms with Crippen molar-refractivity contribution in [1.29, 1.82) is 0 Å². The van der Waals surface area contributed by atoms with Gasteiger partial charge in [-0.15, -0.1) is 12.4 Å². The van der Waals surface area contributed by atoms with Crippen LogP contribution in [0.15, 0.2) is 23.2 Å². The number of alkyl halides is 2. The number of halogens is 3. The largest absolute Gasteiger partial charge is 0.485 e. The summed E-state index contributed by atoms with van der Waals surface area (Å²) in [4.78, 5) is 4.22. The van der Waals surface area contributed by atoms with Gasteiger partial charge in [0.05, 0.1) is 18.5 Å². The second-order valence-electron chi connectivity index (χ2n) is 6.23. The van der Waals surface area contributed by atoms with Crippen molar-refractivity contribution in [3.05, 3.63) is 23.8 Å². The number of ether oxygens (including phenoxy) is 1. The third-order valence-electron chi connectivity index (χ3n) is 3.60. The minimum Gasteiger partial charge on any atom is -0.485 e. The zero-order chi connectivity index (χ0) is 18.6. The van der Waals surface area contributed by atoms with E-state index < -0.39 is 16.6 Å². The summed E-state index contributed by atoms with van der Waals surface area (Å²) in [5.41, 5.74) is 0.395. The van der Waals surface area contributed by atoms with Crippen LogP contribution in [0.2, 0.25) is 0 Å². The van der Waals surface area contributed by atoms with Crippen molar-refractivity contribution in [3.63, 3.8) is 0 Å². The van der Waals surface area contributed by atoms with E-state index in [0.717, 1.165) is 12.8 Å². The van der Waals surface area contributed by atoms with Gasteiger partial charge in [0.2, 0.25) is 10.0 Å². The van der Waals surface area contributed by atoms with E-state index in [9.17, 15) is 17.2 Å². The molecule has 0 saturated carbocycles. The van der Waals surface area contributed by atoms with Crippen LogP contribution >= 0.6 is 12.4 Å². The zero-order valence-corrected chi connectivity index (χ0v) is 16.5. The van der Waals surface area contributed by atoms with E-state index in [4.69, 9.17) is 4.74 Å². The lowest BCUT2D eigenvalue weighted by molar-refractivity contribution is 0.162. The summed E-state index contributed by atoms with van der Waals surface area (Å²) in [6.07, 6.45) is 1.17. The predicted octanol–water partition coefficient (Wildman–Crippen LogP) is 2.68. The molecule has 0 spiro atoms. The van der Waals surface area contributed by atoms with E-state index in [1.165, 1.54) is 12.1 Å². The van der Waals surface area contributed by atoms with Gasteiger partial charge in [0, 0.05) is 12.1 Å². The van der Waals surface area contributed by atoms with Crippen LogP contribution in [-0.4, -0.2) is 46.8 Å². The third kappa shape index (κ3) is 5.70. The zero-order valence-electron chi connectivity index (χ0n) is 14.9. The molecule has 1 aliphatic heterocycles. The molecule has 0 radical (unpaired) electrons. The number of aliphatic imine (C=N–C) groups is 1. The summed E-state index contributed by atoms with van der Waals surface area (Å²) in [6.45, 7) is 2.28. The Hall–Kier alpha value is -1.61. The van der Waals surface area contributed by atoms with Gasteiger partial charge in [-0.2, -0.15) is 8.78 Å². The number of rotatable bonds is 8. The molecular weight excluding hydrogens is 388 g/mol. The molecule has 1 aliphatic rings. The predicted molar refractivity (Wildman–Crippen MR) is 101 cm³/mol. The van der Waals surface area contributed by atoms with Gasteiger partial charge in [0.25, 0.3) is 0 Å². The number of amidine groups is 1. The van der Waals surface area contributed by atoms with E-state index in [1.807, 2.05) is 13.8 Å². The molecule has 1 aromatic carbocycles. The number of hydrogen-bond donors (Lipinski definition) is 1. The van der Waals surface area contributed by atoms with Crippen LogP contribution < -0.4 is 14.4 Å². The molecule has 6 nitrogen and oxygen atoms in total. The summed E-state index contributed by atoms with van der Waals surface area (Å²) >= 11 is 0. The van der Waals surface area contributed by atoms with Crippen molar-refractivity contribution >= 4 is 34.0 Å². The van der Waals surface area contributed by atoms with Gasteiger partial charge in [-0.25, -0.2) is 12.7 Å². The molecule has 1 N–H and O–H groups in total. The van der Waals surface area contributed by atoms with Crippen molar-refractivity contribution < 1.29 is 21.9 Å². The molecular formula is C16H24ClF2N3O3S. The topological polar surface area (TPSA) is 71.0 Å². The Morgan fingerprint density at radius 3 is 2.54 bits per heavy atom. The van der Waals surface area contributed by atoms with Crippen LogP contribution in [0.3, 0.4) is 0 Å². The van der Waals surface area contributed by atoms with E-state index in [1.54, 1.807) is 6.07 Å². The van der Waals surface area contributed by atoms with Gasteiger partial charge in [0.1, 0.15) is 18.2 Å². The first-order chi connectivity index (χ1) is 11.7. The van der Waals surface area contributed by atoms with Crippen molar-refractivity contribution in [1.82, 2.24) is 5.32 Å². The number of anilines is 1. The second-order valence-corrected chi connectivity index (χ2v) is 8.09. The van der Waals surface area contributed by atoms with Crippen LogP contribution in [-0.2, 0) is 16.4 Å². The van der Waals surface area contributed by atoms with Gasteiger partial charge in [-0.05, 0) is 24.5 Å². The standard InChI is InChI=1S/C16H23F2N3O3S.ClH/c1-11(2)9-12-13(21(16(17)18)25(3,22)23)5-4-6-14(12)24-10-15-19-7-8-20-15;/h4-6,11,16H,7-10H2,1-3H3,(H,19,20);1H. The first-order valence-corrected chi connectivity index (χ1v) is 9.84. The van der Waals surface area contributed by atoms with Crippen LogP contribution in [0.25, 0.3) is 0 Å². The monoisotopic (exact) mass is 411 g/mol. The van der Waals surface area contributed by atoms with Gasteiger partial charge < -0.3 is 10.1 Å². The highest BCUT2D eigenvalue weighted by Crippen LogP contribution is 2.34. The van der Waals surface area contributed by atoms with Crippen LogP contribution in [0.1, 0.15) is 19.4 Å². The molecule has 0 amide bonds. The fourth-order valence-electron chi connectivity index (χ4n) is 2.63. The third-order valence-corrected chi connectivity index (χ3v) is 4.67. The number of nitrogens with zero attached hydrogens (tertiary/aromatic N) is 2. The summed E-state index contributed by atoms with van der Waals surface area (Å²) < 4.78 is 56.5. The Morgan fingerprint density at radius 2 is 2.04 bits per heavy atom. The molecule has 0 aromatic heterocycles. The van der Waals surface area contributed by atoms with E-state index in [-0.39, 0.29) is 34.9 Å². The first-order valence-electron chi connectivity index (χ1n) is 7.99. The summed E-state index contributed by atoms with van der Waals surface area (Å²) in [6, 6.07) is 4.55. The smallest absolute Gasteiger partial charge is 0.327 e. The minimum absolute atomic E-state index is 0. The Bertz CT molecular complexity index is 742. The highest BCUT2D eigenvalue weighted by atomic mass is 35.5. The molecule has 1 heterocycles. The molecule has 10 heteroatoms. The summed E-state index contributed by atoms with van der Waals surface area (Å²) in [5.74, 6) is 1.20. The van der Waals surface area contributed by atoms with Crippen molar-refractivity contribution in [2.75, 3.05) is 30.3 Å². The summed E-state index contributed by atoms with van der Waals surface area (Å²) in [5, 5.41) is 3.07. The quantitative estimate of drug-likeness (QED) is 0.667. The molecule has 0 unspecified atom stereocenters. The minimum atomic E-state index is -4.13.